The van der Waals surface area contributed by atoms with Crippen molar-refractivity contribution >= 4 is 46.6 Å². The van der Waals surface area contributed by atoms with E-state index >= 15 is 0 Å². The van der Waals surface area contributed by atoms with Gasteiger partial charge in [-0.2, -0.15) is 5.26 Å². The standard InChI is InChI=1S/C20H19Cl2N3O/c1-3-25(4-2)17-8-5-14(6-9-17)11-15(13-23)20(26)24-19-12-16(21)7-10-18(19)22/h5-12H,3-4H2,1-2H3,(H,24,26)/b15-11+. The molecule has 2 rings (SSSR count). The van der Waals surface area contributed by atoms with Crippen molar-refractivity contribution in [3.05, 3.63) is 63.6 Å². The fraction of sp³-hybridized carbons (Fsp3) is 0.200. The van der Waals surface area contributed by atoms with Gasteiger partial charge in [0, 0.05) is 23.8 Å². The van der Waals surface area contributed by atoms with Gasteiger partial charge in [-0.1, -0.05) is 35.3 Å². The molecule has 134 valence electrons. The van der Waals surface area contributed by atoms with Crippen molar-refractivity contribution in [2.24, 2.45) is 0 Å². The van der Waals surface area contributed by atoms with Gasteiger partial charge in [-0.05, 0) is 55.8 Å². The van der Waals surface area contributed by atoms with Crippen LogP contribution in [0.15, 0.2) is 48.0 Å². The average Bonchev–Trinajstić information content (AvgIpc) is 2.64. The number of hydrogen-bond acceptors (Lipinski definition) is 3. The van der Waals surface area contributed by atoms with Gasteiger partial charge in [0.05, 0.1) is 10.7 Å². The van der Waals surface area contributed by atoms with Crippen LogP contribution in [0.4, 0.5) is 11.4 Å². The Kier molecular flexibility index (Phi) is 7.08. The van der Waals surface area contributed by atoms with Crippen molar-refractivity contribution in [1.29, 1.82) is 5.26 Å². The first-order chi connectivity index (χ1) is 12.5. The quantitative estimate of drug-likeness (QED) is 0.534. The molecule has 0 heterocycles. The first kappa shape index (κ1) is 19.8. The number of carbonyl (C=O) groups excluding carboxylic acids is 1. The third-order valence-corrected chi connectivity index (χ3v) is 4.44. The van der Waals surface area contributed by atoms with Crippen LogP contribution in [0.5, 0.6) is 0 Å². The molecule has 0 saturated carbocycles. The van der Waals surface area contributed by atoms with Crippen molar-refractivity contribution in [3.63, 3.8) is 0 Å². The van der Waals surface area contributed by atoms with Gasteiger partial charge in [0.15, 0.2) is 0 Å². The second kappa shape index (κ2) is 9.28. The summed E-state index contributed by atoms with van der Waals surface area (Å²) in [7, 11) is 0. The summed E-state index contributed by atoms with van der Waals surface area (Å²) < 4.78 is 0. The van der Waals surface area contributed by atoms with E-state index in [2.05, 4.69) is 24.1 Å². The Hall–Kier alpha value is -2.48. The third-order valence-electron chi connectivity index (χ3n) is 3.87. The van der Waals surface area contributed by atoms with E-state index in [1.54, 1.807) is 18.2 Å². The molecule has 0 saturated heterocycles. The molecule has 0 aliphatic heterocycles. The maximum atomic E-state index is 12.4. The Morgan fingerprint density at radius 2 is 1.81 bits per heavy atom. The summed E-state index contributed by atoms with van der Waals surface area (Å²) in [5.41, 5.74) is 2.21. The number of benzene rings is 2. The van der Waals surface area contributed by atoms with Crippen LogP contribution in [-0.4, -0.2) is 19.0 Å². The van der Waals surface area contributed by atoms with Crippen molar-refractivity contribution < 1.29 is 4.79 Å². The smallest absolute Gasteiger partial charge is 0.266 e. The van der Waals surface area contributed by atoms with Gasteiger partial charge in [0.1, 0.15) is 11.6 Å². The van der Waals surface area contributed by atoms with E-state index in [-0.39, 0.29) is 5.57 Å². The molecule has 2 aromatic carbocycles. The molecule has 0 radical (unpaired) electrons. The maximum Gasteiger partial charge on any atom is 0.266 e. The van der Waals surface area contributed by atoms with Crippen molar-refractivity contribution in [1.82, 2.24) is 0 Å². The van der Waals surface area contributed by atoms with E-state index < -0.39 is 5.91 Å². The minimum Gasteiger partial charge on any atom is -0.372 e. The SMILES string of the molecule is CCN(CC)c1ccc(/C=C(\C#N)C(=O)Nc2cc(Cl)ccc2Cl)cc1. The van der Waals surface area contributed by atoms with Crippen LogP contribution in [-0.2, 0) is 4.79 Å². The van der Waals surface area contributed by atoms with Gasteiger partial charge in [-0.25, -0.2) is 0 Å². The fourth-order valence-electron chi connectivity index (χ4n) is 2.47. The molecule has 0 aromatic heterocycles. The summed E-state index contributed by atoms with van der Waals surface area (Å²) in [5.74, 6) is -0.538. The summed E-state index contributed by atoms with van der Waals surface area (Å²) in [6.07, 6.45) is 1.54. The zero-order valence-electron chi connectivity index (χ0n) is 14.6. The van der Waals surface area contributed by atoms with Crippen LogP contribution in [0, 0.1) is 11.3 Å². The van der Waals surface area contributed by atoms with E-state index in [1.807, 2.05) is 30.3 Å². The van der Waals surface area contributed by atoms with Gasteiger partial charge in [0.2, 0.25) is 0 Å². The minimum absolute atomic E-state index is 0.0170. The lowest BCUT2D eigenvalue weighted by Gasteiger charge is -2.20. The highest BCUT2D eigenvalue weighted by molar-refractivity contribution is 6.36. The molecule has 0 spiro atoms. The molecule has 0 atom stereocenters. The molecule has 0 unspecified atom stereocenters. The number of nitrogens with zero attached hydrogens (tertiary/aromatic N) is 2. The lowest BCUT2D eigenvalue weighted by atomic mass is 10.1. The Bertz CT molecular complexity index is 850. The fourth-order valence-corrected chi connectivity index (χ4v) is 2.81. The van der Waals surface area contributed by atoms with Gasteiger partial charge < -0.3 is 10.2 Å². The molecule has 2 aromatic rings. The summed E-state index contributed by atoms with van der Waals surface area (Å²) in [6, 6.07) is 14.4. The molecule has 6 heteroatoms. The number of carbonyl (C=O) groups is 1. The molecule has 1 amide bonds. The van der Waals surface area contributed by atoms with Crippen molar-refractivity contribution in [3.8, 4) is 6.07 Å². The summed E-state index contributed by atoms with van der Waals surface area (Å²) in [6.45, 7) is 6.02. The number of hydrogen-bond donors (Lipinski definition) is 1. The van der Waals surface area contributed by atoms with E-state index in [4.69, 9.17) is 23.2 Å². The van der Waals surface area contributed by atoms with Gasteiger partial charge in [0.25, 0.3) is 5.91 Å². The topological polar surface area (TPSA) is 56.1 Å². The number of nitriles is 1. The molecular weight excluding hydrogens is 369 g/mol. The molecule has 4 nitrogen and oxygen atoms in total. The Balaban J connectivity index is 2.20. The van der Waals surface area contributed by atoms with Crippen LogP contribution >= 0.6 is 23.2 Å². The predicted octanol–water partition coefficient (Wildman–Crippen LogP) is 5.39. The summed E-state index contributed by atoms with van der Waals surface area (Å²) in [5, 5.41) is 12.7. The molecule has 0 fully saturated rings. The lowest BCUT2D eigenvalue weighted by molar-refractivity contribution is -0.112. The summed E-state index contributed by atoms with van der Waals surface area (Å²) in [4.78, 5) is 14.6. The molecule has 26 heavy (non-hydrogen) atoms. The predicted molar refractivity (Wildman–Crippen MR) is 109 cm³/mol. The first-order valence-corrected chi connectivity index (χ1v) is 8.97. The largest absolute Gasteiger partial charge is 0.372 e. The zero-order valence-corrected chi connectivity index (χ0v) is 16.1. The number of rotatable bonds is 6. The van der Waals surface area contributed by atoms with Gasteiger partial charge in [-0.15, -0.1) is 0 Å². The second-order valence-electron chi connectivity index (χ2n) is 5.51. The van der Waals surface area contributed by atoms with E-state index in [9.17, 15) is 10.1 Å². The summed E-state index contributed by atoms with van der Waals surface area (Å²) >= 11 is 12.0. The van der Waals surface area contributed by atoms with Crippen LogP contribution < -0.4 is 10.2 Å². The third kappa shape index (κ3) is 5.01. The Morgan fingerprint density at radius 3 is 2.38 bits per heavy atom. The Morgan fingerprint density at radius 1 is 1.15 bits per heavy atom. The van der Waals surface area contributed by atoms with Crippen molar-refractivity contribution in [2.45, 2.75) is 13.8 Å². The minimum atomic E-state index is -0.538. The normalized spacial score (nSPS) is 11.0. The highest BCUT2D eigenvalue weighted by Crippen LogP contribution is 2.26. The van der Waals surface area contributed by atoms with Crippen molar-refractivity contribution in [2.75, 3.05) is 23.3 Å². The van der Waals surface area contributed by atoms with Crippen LogP contribution in [0.3, 0.4) is 0 Å². The maximum absolute atomic E-state index is 12.4. The number of amides is 1. The lowest BCUT2D eigenvalue weighted by Crippen LogP contribution is -2.21. The van der Waals surface area contributed by atoms with E-state index in [0.717, 1.165) is 24.3 Å². The Labute approximate surface area is 163 Å². The molecule has 0 aliphatic rings. The highest BCUT2D eigenvalue weighted by Gasteiger charge is 2.12. The second-order valence-corrected chi connectivity index (χ2v) is 6.36. The van der Waals surface area contributed by atoms with Gasteiger partial charge >= 0.3 is 0 Å². The van der Waals surface area contributed by atoms with E-state index in [1.165, 1.54) is 6.07 Å². The highest BCUT2D eigenvalue weighted by atomic mass is 35.5. The number of anilines is 2. The van der Waals surface area contributed by atoms with E-state index in [0.29, 0.717) is 15.7 Å². The molecule has 0 aliphatic carbocycles. The van der Waals surface area contributed by atoms with Gasteiger partial charge in [-0.3, -0.25) is 4.79 Å². The van der Waals surface area contributed by atoms with Crippen LogP contribution in [0.2, 0.25) is 10.0 Å². The zero-order chi connectivity index (χ0) is 19.1. The number of halogens is 2. The molecule has 0 bridgehead atoms. The van der Waals surface area contributed by atoms with Crippen LogP contribution in [0.1, 0.15) is 19.4 Å². The van der Waals surface area contributed by atoms with Crippen LogP contribution in [0.25, 0.3) is 6.08 Å². The number of nitrogens with one attached hydrogen (secondary N) is 1. The average molecular weight is 388 g/mol. The first-order valence-electron chi connectivity index (χ1n) is 8.21. The molecule has 1 N–H and O–H groups in total. The monoisotopic (exact) mass is 387 g/mol. The molecular formula is C20H19Cl2N3O.